The highest BCUT2D eigenvalue weighted by Crippen LogP contribution is 2.25. The van der Waals surface area contributed by atoms with Gasteiger partial charge in [0, 0.05) is 10.8 Å². The number of hydrogen-bond donors (Lipinski definition) is 2. The first kappa shape index (κ1) is 29.0. The number of ether oxygens (including phenoxy) is 4. The van der Waals surface area contributed by atoms with Gasteiger partial charge in [-0.2, -0.15) is 10.2 Å². The van der Waals surface area contributed by atoms with Crippen molar-refractivity contribution >= 4 is 45.3 Å². The largest absolute Gasteiger partial charge is 0.458 e. The molecule has 2 unspecified atom stereocenters. The first-order valence-electron chi connectivity index (χ1n) is 15.1. The van der Waals surface area contributed by atoms with Gasteiger partial charge in [-0.05, 0) is 82.6 Å². The maximum absolute atomic E-state index is 6.10. The van der Waals surface area contributed by atoms with E-state index in [0.717, 1.165) is 44.0 Å². The molecule has 0 radical (unpaired) electrons. The summed E-state index contributed by atoms with van der Waals surface area (Å²) in [7, 11) is 0. The third-order valence-electron chi connectivity index (χ3n) is 7.51. The minimum atomic E-state index is -0.729. The average molecular weight is 609 g/mol. The van der Waals surface area contributed by atoms with E-state index in [1.807, 2.05) is 97.1 Å². The minimum absolute atomic E-state index is 0.411. The van der Waals surface area contributed by atoms with Crippen LogP contribution >= 0.6 is 0 Å². The molecule has 2 atom stereocenters. The van der Waals surface area contributed by atoms with Gasteiger partial charge in [-0.3, -0.25) is 10.9 Å². The number of rotatable bonds is 10. The third kappa shape index (κ3) is 6.99. The first-order chi connectivity index (χ1) is 22.8. The molecular formula is C38H32N4O4. The third-order valence-corrected chi connectivity index (χ3v) is 7.51. The molecule has 0 aromatic heterocycles. The molecule has 1 saturated heterocycles. The van der Waals surface area contributed by atoms with Crippen LogP contribution in [0.15, 0.2) is 144 Å². The molecule has 46 heavy (non-hydrogen) atoms. The smallest absolute Gasteiger partial charge is 0.263 e. The molecule has 6 aromatic rings. The quantitative estimate of drug-likeness (QED) is 0.121. The Bertz CT molecular complexity index is 1820. The van der Waals surface area contributed by atoms with Gasteiger partial charge in [0.1, 0.15) is 11.5 Å². The van der Waals surface area contributed by atoms with Crippen LogP contribution in [-0.4, -0.2) is 38.2 Å². The number of fused-ring (bicyclic) bond motifs is 2. The summed E-state index contributed by atoms with van der Waals surface area (Å²) in [4.78, 5) is 0. The molecule has 1 aliphatic rings. The predicted molar refractivity (Wildman–Crippen MR) is 184 cm³/mol. The lowest BCUT2D eigenvalue weighted by Gasteiger charge is -2.31. The molecule has 0 saturated carbocycles. The van der Waals surface area contributed by atoms with Crippen LogP contribution in [0.2, 0.25) is 0 Å². The molecule has 7 rings (SSSR count). The van der Waals surface area contributed by atoms with E-state index in [1.54, 1.807) is 12.4 Å². The van der Waals surface area contributed by atoms with Gasteiger partial charge in [-0.1, -0.05) is 72.8 Å². The van der Waals surface area contributed by atoms with Gasteiger partial charge in [0.15, 0.2) is 0 Å². The summed E-state index contributed by atoms with van der Waals surface area (Å²) in [5.74, 6) is 1.27. The Hall–Kier alpha value is -5.70. The molecule has 0 spiro atoms. The fraction of sp³-hybridized carbons (Fsp3) is 0.105. The van der Waals surface area contributed by atoms with Gasteiger partial charge in [-0.25, -0.2) is 0 Å². The lowest BCUT2D eigenvalue weighted by molar-refractivity contribution is -0.271. The fourth-order valence-electron chi connectivity index (χ4n) is 5.20. The Kier molecular flexibility index (Phi) is 8.80. The second kappa shape index (κ2) is 13.9. The summed E-state index contributed by atoms with van der Waals surface area (Å²) < 4.78 is 23.9. The molecule has 228 valence electrons. The molecule has 1 heterocycles. The van der Waals surface area contributed by atoms with Crippen molar-refractivity contribution in [3.05, 3.63) is 145 Å². The summed E-state index contributed by atoms with van der Waals surface area (Å²) in [6, 6.07) is 43.8. The van der Waals surface area contributed by atoms with E-state index in [2.05, 4.69) is 57.5 Å². The molecule has 0 aliphatic carbocycles. The zero-order valence-corrected chi connectivity index (χ0v) is 25.0. The zero-order chi connectivity index (χ0) is 31.0. The molecule has 6 aromatic carbocycles. The van der Waals surface area contributed by atoms with Gasteiger partial charge in [0.2, 0.25) is 0 Å². The highest BCUT2D eigenvalue weighted by molar-refractivity contribution is 5.95. The van der Waals surface area contributed by atoms with Crippen LogP contribution in [-0.2, 0) is 9.47 Å². The number of benzene rings is 6. The van der Waals surface area contributed by atoms with Gasteiger partial charge in [0.25, 0.3) is 12.6 Å². The number of nitrogens with zero attached hydrogens (tertiary/aromatic N) is 2. The Morgan fingerprint density at radius 1 is 0.500 bits per heavy atom. The molecule has 2 N–H and O–H groups in total. The molecule has 0 amide bonds. The SMILES string of the molecule is C(=NNc1cccc2ccccc12)c1ccc(OC2OCCOC2Oc2ccc(C=NNc3cccc4ccccc34)cc2)cc1. The van der Waals surface area contributed by atoms with E-state index in [0.29, 0.717) is 24.7 Å². The highest BCUT2D eigenvalue weighted by Gasteiger charge is 2.31. The van der Waals surface area contributed by atoms with Crippen LogP contribution in [0.25, 0.3) is 21.5 Å². The maximum atomic E-state index is 6.10. The summed E-state index contributed by atoms with van der Waals surface area (Å²) in [6.45, 7) is 0.822. The Balaban J connectivity index is 0.933. The van der Waals surface area contributed by atoms with Crippen molar-refractivity contribution in [1.29, 1.82) is 0 Å². The zero-order valence-electron chi connectivity index (χ0n) is 25.0. The van der Waals surface area contributed by atoms with Gasteiger partial charge in [-0.15, -0.1) is 0 Å². The summed E-state index contributed by atoms with van der Waals surface area (Å²) in [6.07, 6.45) is 2.08. The van der Waals surface area contributed by atoms with Gasteiger partial charge < -0.3 is 18.9 Å². The molecular weight excluding hydrogens is 576 g/mol. The topological polar surface area (TPSA) is 85.7 Å². The van der Waals surface area contributed by atoms with Crippen molar-refractivity contribution in [1.82, 2.24) is 0 Å². The number of hydrogen-bond acceptors (Lipinski definition) is 8. The van der Waals surface area contributed by atoms with E-state index >= 15 is 0 Å². The summed E-state index contributed by atoms with van der Waals surface area (Å²) in [5.41, 5.74) is 10.0. The van der Waals surface area contributed by atoms with Crippen LogP contribution in [0.3, 0.4) is 0 Å². The van der Waals surface area contributed by atoms with Crippen molar-refractivity contribution in [2.45, 2.75) is 12.6 Å². The molecule has 1 fully saturated rings. The van der Waals surface area contributed by atoms with Crippen molar-refractivity contribution in [3.63, 3.8) is 0 Å². The molecule has 8 nitrogen and oxygen atoms in total. The van der Waals surface area contributed by atoms with Crippen molar-refractivity contribution in [2.75, 3.05) is 24.1 Å². The normalized spacial score (nSPS) is 16.6. The van der Waals surface area contributed by atoms with Crippen LogP contribution in [0.5, 0.6) is 11.5 Å². The lowest BCUT2D eigenvalue weighted by atomic mass is 10.1. The Morgan fingerprint density at radius 3 is 1.37 bits per heavy atom. The number of nitrogens with one attached hydrogen (secondary N) is 2. The summed E-state index contributed by atoms with van der Waals surface area (Å²) in [5, 5.41) is 13.4. The fourth-order valence-corrected chi connectivity index (χ4v) is 5.20. The lowest BCUT2D eigenvalue weighted by Crippen LogP contribution is -2.45. The van der Waals surface area contributed by atoms with Crippen molar-refractivity contribution < 1.29 is 18.9 Å². The van der Waals surface area contributed by atoms with E-state index in [1.165, 1.54) is 0 Å². The van der Waals surface area contributed by atoms with E-state index in [-0.39, 0.29) is 0 Å². The summed E-state index contributed by atoms with van der Waals surface area (Å²) >= 11 is 0. The van der Waals surface area contributed by atoms with E-state index in [4.69, 9.17) is 18.9 Å². The second-order valence-corrected chi connectivity index (χ2v) is 10.6. The van der Waals surface area contributed by atoms with E-state index < -0.39 is 12.6 Å². The maximum Gasteiger partial charge on any atom is 0.263 e. The minimum Gasteiger partial charge on any atom is -0.458 e. The van der Waals surface area contributed by atoms with Crippen LogP contribution in [0, 0.1) is 0 Å². The highest BCUT2D eigenvalue weighted by atomic mass is 16.8. The average Bonchev–Trinajstić information content (AvgIpc) is 3.11. The number of anilines is 2. The second-order valence-electron chi connectivity index (χ2n) is 10.6. The number of hydrazone groups is 2. The van der Waals surface area contributed by atoms with Crippen molar-refractivity contribution in [2.24, 2.45) is 10.2 Å². The van der Waals surface area contributed by atoms with Gasteiger partial charge >= 0.3 is 0 Å². The molecule has 8 heteroatoms. The molecule has 1 aliphatic heterocycles. The van der Waals surface area contributed by atoms with Crippen molar-refractivity contribution in [3.8, 4) is 11.5 Å². The van der Waals surface area contributed by atoms with Gasteiger partial charge in [0.05, 0.1) is 37.0 Å². The Morgan fingerprint density at radius 2 is 0.913 bits per heavy atom. The standard InChI is InChI=1S/C38H32N4O4/c1-3-11-33-29(7-1)9-5-13-35(33)41-39-25-27-15-19-31(20-16-27)45-37-38(44-24-23-43-37)46-32-21-17-28(18-22-32)26-40-42-36-14-6-10-30-8-2-4-12-34(30)36/h1-22,25-26,37-38,41-42H,23-24H2. The Labute approximate surface area is 266 Å². The first-order valence-corrected chi connectivity index (χ1v) is 15.1. The van der Waals surface area contributed by atoms with Crippen LogP contribution in [0.1, 0.15) is 11.1 Å². The predicted octanol–water partition coefficient (Wildman–Crippen LogP) is 8.04. The van der Waals surface area contributed by atoms with Crippen LogP contribution in [0.4, 0.5) is 11.4 Å². The molecule has 0 bridgehead atoms. The van der Waals surface area contributed by atoms with Crippen LogP contribution < -0.4 is 20.3 Å². The monoisotopic (exact) mass is 608 g/mol. The van der Waals surface area contributed by atoms with E-state index in [9.17, 15) is 0 Å².